The number of rotatable bonds is 6. The Morgan fingerprint density at radius 3 is 2.30 bits per heavy atom. The fraction of sp³-hybridized carbons (Fsp3) is 0.276. The number of likely N-dealkylation sites (tertiary alicyclic amines) is 1. The number of carbonyl (C=O) groups excluding carboxylic acids is 1. The summed E-state index contributed by atoms with van der Waals surface area (Å²) in [4.78, 5) is 12.9. The van der Waals surface area contributed by atoms with Gasteiger partial charge in [0.1, 0.15) is 23.3 Å². The maximum atomic E-state index is 13.6. The van der Waals surface area contributed by atoms with E-state index >= 15 is 0 Å². The quantitative estimate of drug-likeness (QED) is 0.341. The number of nitrogens with one attached hydrogen (secondary N) is 1. The predicted octanol–water partition coefficient (Wildman–Crippen LogP) is 6.13. The third kappa shape index (κ3) is 5.49. The summed E-state index contributed by atoms with van der Waals surface area (Å²) in [7, 11) is 0. The Balaban J connectivity index is 1.47. The number of hydrogen-bond donors (Lipinski definition) is 1. The Labute approximate surface area is 212 Å². The van der Waals surface area contributed by atoms with Gasteiger partial charge in [-0.1, -0.05) is 36.4 Å². The van der Waals surface area contributed by atoms with Crippen LogP contribution in [0.15, 0.2) is 71.1 Å². The minimum absolute atomic E-state index is 0.0232. The van der Waals surface area contributed by atoms with Crippen molar-refractivity contribution in [3.63, 3.8) is 0 Å². The first kappa shape index (κ1) is 24.9. The van der Waals surface area contributed by atoms with Crippen molar-refractivity contribution >= 4 is 17.1 Å². The molecule has 192 valence electrons. The molecule has 1 amide bonds. The van der Waals surface area contributed by atoms with E-state index in [1.165, 1.54) is 12.1 Å². The van der Waals surface area contributed by atoms with Crippen LogP contribution in [-0.4, -0.2) is 30.0 Å². The number of nitrogens with zero attached hydrogens (tertiary/aromatic N) is 1. The van der Waals surface area contributed by atoms with Crippen LogP contribution in [-0.2, 0) is 6.54 Å². The van der Waals surface area contributed by atoms with Crippen LogP contribution in [0, 0.1) is 5.82 Å². The van der Waals surface area contributed by atoms with Gasteiger partial charge in [0.25, 0.3) is 5.92 Å². The zero-order chi connectivity index (χ0) is 26.2. The summed E-state index contributed by atoms with van der Waals surface area (Å²) >= 11 is 0. The monoisotopic (exact) mass is 507 g/mol. The highest BCUT2D eigenvalue weighted by atomic mass is 19.3. The van der Waals surface area contributed by atoms with Crippen molar-refractivity contribution in [3.05, 3.63) is 83.9 Å². The largest absolute Gasteiger partial charge is 0.530 e. The Hall–Kier alpha value is -3.78. The molecule has 1 N–H and O–H groups in total. The van der Waals surface area contributed by atoms with Crippen molar-refractivity contribution < 1.29 is 27.5 Å². The van der Waals surface area contributed by atoms with E-state index in [4.69, 9.17) is 4.42 Å². The van der Waals surface area contributed by atoms with Gasteiger partial charge in [-0.25, -0.2) is 13.2 Å². The van der Waals surface area contributed by atoms with Crippen LogP contribution in [0.4, 0.5) is 18.0 Å². The first-order valence-corrected chi connectivity index (χ1v) is 12.2. The Kier molecular flexibility index (Phi) is 6.69. The minimum atomic E-state index is -2.57. The van der Waals surface area contributed by atoms with E-state index in [-0.39, 0.29) is 31.2 Å². The summed E-state index contributed by atoms with van der Waals surface area (Å²) in [5.74, 6) is -2.50. The number of amides is 1. The zero-order valence-corrected chi connectivity index (χ0v) is 20.3. The summed E-state index contributed by atoms with van der Waals surface area (Å²) in [6.45, 7) is 2.72. The standard InChI is InChI=1S/C29H27F3N2O3/c1-18(34-12-10-29(31,32)11-13-34)19-2-4-20(5-3-19)22-14-23-15-25(17-33-28(35)36)37-27(23)26(16-22)21-6-8-24(30)9-7-21/h2-9,14-16,18,33H,10-13,17H2,1H3,(H,35,36)/p-1. The van der Waals surface area contributed by atoms with Gasteiger partial charge in [-0.2, -0.15) is 0 Å². The lowest BCUT2D eigenvalue weighted by Crippen LogP contribution is -2.40. The van der Waals surface area contributed by atoms with Crippen LogP contribution in [0.1, 0.15) is 37.1 Å². The molecular weight excluding hydrogens is 481 g/mol. The SMILES string of the molecule is CC(c1ccc(-c2cc(-c3ccc(F)cc3)c3oc(CNC(=O)[O-])cc3c2)cc1)N1CCC(F)(F)CC1. The van der Waals surface area contributed by atoms with Gasteiger partial charge in [-0.3, -0.25) is 4.90 Å². The molecule has 1 aliphatic heterocycles. The van der Waals surface area contributed by atoms with Gasteiger partial charge < -0.3 is 19.6 Å². The van der Waals surface area contributed by atoms with Crippen molar-refractivity contribution in [1.29, 1.82) is 0 Å². The van der Waals surface area contributed by atoms with Gasteiger partial charge in [0.15, 0.2) is 0 Å². The Morgan fingerprint density at radius 2 is 1.65 bits per heavy atom. The van der Waals surface area contributed by atoms with Crippen LogP contribution in [0.2, 0.25) is 0 Å². The number of fused-ring (bicyclic) bond motifs is 1. The summed E-state index contributed by atoms with van der Waals surface area (Å²) in [5, 5.41) is 13.8. The molecular formula is C29H26F3N2O3-. The summed E-state index contributed by atoms with van der Waals surface area (Å²) in [6, 6.07) is 19.8. The van der Waals surface area contributed by atoms with E-state index in [1.807, 2.05) is 43.3 Å². The molecule has 8 heteroatoms. The molecule has 4 aromatic rings. The molecule has 0 radical (unpaired) electrons. The molecule has 1 unspecified atom stereocenters. The van der Waals surface area contributed by atoms with E-state index in [9.17, 15) is 23.1 Å². The van der Waals surface area contributed by atoms with Crippen molar-refractivity contribution in [2.75, 3.05) is 13.1 Å². The summed E-state index contributed by atoms with van der Waals surface area (Å²) in [5.41, 5.74) is 4.98. The average molecular weight is 508 g/mol. The molecule has 0 saturated carbocycles. The van der Waals surface area contributed by atoms with Crippen LogP contribution in [0.5, 0.6) is 0 Å². The fourth-order valence-corrected chi connectivity index (χ4v) is 4.87. The molecule has 1 saturated heterocycles. The predicted molar refractivity (Wildman–Crippen MR) is 133 cm³/mol. The number of benzene rings is 3. The van der Waals surface area contributed by atoms with Crippen LogP contribution >= 0.6 is 0 Å². The van der Waals surface area contributed by atoms with Crippen molar-refractivity contribution in [2.45, 2.75) is 38.3 Å². The topological polar surface area (TPSA) is 68.5 Å². The Morgan fingerprint density at radius 1 is 1.00 bits per heavy atom. The van der Waals surface area contributed by atoms with E-state index in [0.29, 0.717) is 24.4 Å². The molecule has 0 bridgehead atoms. The highest BCUT2D eigenvalue weighted by Gasteiger charge is 2.35. The van der Waals surface area contributed by atoms with Crippen LogP contribution < -0.4 is 10.4 Å². The lowest BCUT2D eigenvalue weighted by molar-refractivity contribution is -0.251. The van der Waals surface area contributed by atoms with Crippen molar-refractivity contribution in [1.82, 2.24) is 10.2 Å². The molecule has 1 aromatic heterocycles. The molecule has 1 fully saturated rings. The minimum Gasteiger partial charge on any atom is -0.530 e. The lowest BCUT2D eigenvalue weighted by atomic mass is 9.95. The number of hydrogen-bond acceptors (Lipinski definition) is 4. The van der Waals surface area contributed by atoms with E-state index in [2.05, 4.69) is 10.2 Å². The maximum absolute atomic E-state index is 13.6. The van der Waals surface area contributed by atoms with E-state index in [1.54, 1.807) is 18.2 Å². The number of carboxylic acid groups (broad SMARTS) is 1. The summed E-state index contributed by atoms with van der Waals surface area (Å²) < 4.78 is 46.7. The highest BCUT2D eigenvalue weighted by Crippen LogP contribution is 2.37. The van der Waals surface area contributed by atoms with Gasteiger partial charge >= 0.3 is 0 Å². The number of furan rings is 1. The molecule has 5 nitrogen and oxygen atoms in total. The molecule has 2 heterocycles. The molecule has 3 aromatic carbocycles. The van der Waals surface area contributed by atoms with Gasteiger partial charge in [0.05, 0.1) is 6.54 Å². The molecule has 1 aliphatic rings. The third-order valence-electron chi connectivity index (χ3n) is 7.03. The smallest absolute Gasteiger partial charge is 0.250 e. The lowest BCUT2D eigenvalue weighted by Gasteiger charge is -2.36. The fourth-order valence-electron chi connectivity index (χ4n) is 4.87. The first-order chi connectivity index (χ1) is 17.7. The van der Waals surface area contributed by atoms with Crippen molar-refractivity contribution in [3.8, 4) is 22.3 Å². The number of carbonyl (C=O) groups is 1. The number of piperidine rings is 1. The van der Waals surface area contributed by atoms with Gasteiger partial charge in [-0.15, -0.1) is 0 Å². The number of halogens is 3. The Bertz CT molecular complexity index is 1410. The number of alkyl halides is 2. The molecule has 5 rings (SSSR count). The second-order valence-corrected chi connectivity index (χ2v) is 9.49. The molecule has 0 aliphatic carbocycles. The molecule has 0 spiro atoms. The summed E-state index contributed by atoms with van der Waals surface area (Å²) in [6.07, 6.45) is -1.63. The second kappa shape index (κ2) is 9.94. The van der Waals surface area contributed by atoms with Gasteiger partial charge in [-0.05, 0) is 59.5 Å². The van der Waals surface area contributed by atoms with Crippen molar-refractivity contribution in [2.24, 2.45) is 0 Å². The normalized spacial score (nSPS) is 16.5. The second-order valence-electron chi connectivity index (χ2n) is 9.49. The average Bonchev–Trinajstić information content (AvgIpc) is 3.30. The van der Waals surface area contributed by atoms with E-state index in [0.717, 1.165) is 33.2 Å². The van der Waals surface area contributed by atoms with Gasteiger partial charge in [0, 0.05) is 42.9 Å². The van der Waals surface area contributed by atoms with Crippen LogP contribution in [0.3, 0.4) is 0 Å². The maximum Gasteiger partial charge on any atom is 0.250 e. The first-order valence-electron chi connectivity index (χ1n) is 12.2. The highest BCUT2D eigenvalue weighted by molar-refractivity contribution is 5.97. The van der Waals surface area contributed by atoms with Crippen LogP contribution in [0.25, 0.3) is 33.2 Å². The van der Waals surface area contributed by atoms with Gasteiger partial charge in [0.2, 0.25) is 0 Å². The zero-order valence-electron chi connectivity index (χ0n) is 20.3. The third-order valence-corrected chi connectivity index (χ3v) is 7.03. The molecule has 1 atom stereocenters. The van der Waals surface area contributed by atoms with E-state index < -0.39 is 12.0 Å². The molecule has 37 heavy (non-hydrogen) atoms.